The predicted octanol–water partition coefficient (Wildman–Crippen LogP) is 3.11. The van der Waals surface area contributed by atoms with E-state index in [1.54, 1.807) is 36.4 Å². The summed E-state index contributed by atoms with van der Waals surface area (Å²) in [7, 11) is 0. The summed E-state index contributed by atoms with van der Waals surface area (Å²) in [4.78, 5) is 12.1. The molecule has 21 heavy (non-hydrogen) atoms. The van der Waals surface area contributed by atoms with Gasteiger partial charge in [0.1, 0.15) is 11.5 Å². The number of hydrogen-bond acceptors (Lipinski definition) is 3. The summed E-state index contributed by atoms with van der Waals surface area (Å²) in [6, 6.07) is 13.9. The predicted molar refractivity (Wildman–Crippen MR) is 81.5 cm³/mol. The van der Waals surface area contributed by atoms with Gasteiger partial charge >= 0.3 is 0 Å². The van der Waals surface area contributed by atoms with Crippen LogP contribution in [0.15, 0.2) is 48.5 Å². The van der Waals surface area contributed by atoms with E-state index in [9.17, 15) is 9.90 Å². The first-order chi connectivity index (χ1) is 10.2. The van der Waals surface area contributed by atoms with Gasteiger partial charge in [-0.05, 0) is 42.3 Å². The van der Waals surface area contributed by atoms with Crippen molar-refractivity contribution in [1.82, 2.24) is 5.32 Å². The van der Waals surface area contributed by atoms with Gasteiger partial charge in [-0.2, -0.15) is 0 Å². The van der Waals surface area contributed by atoms with E-state index in [-0.39, 0.29) is 11.7 Å². The van der Waals surface area contributed by atoms with E-state index in [0.29, 0.717) is 24.5 Å². The smallest absolute Gasteiger partial charge is 0.251 e. The number of aromatic hydroxyl groups is 1. The number of hydrogen-bond donors (Lipinski definition) is 2. The molecule has 1 amide bonds. The lowest BCUT2D eigenvalue weighted by molar-refractivity contribution is 0.0950. The van der Waals surface area contributed by atoms with E-state index in [0.717, 1.165) is 12.0 Å². The van der Waals surface area contributed by atoms with Crippen molar-refractivity contribution in [2.75, 3.05) is 6.61 Å². The van der Waals surface area contributed by atoms with Crippen LogP contribution in [0.25, 0.3) is 0 Å². The van der Waals surface area contributed by atoms with Crippen molar-refractivity contribution in [3.63, 3.8) is 0 Å². The molecule has 0 fully saturated rings. The Hall–Kier alpha value is -2.49. The minimum Gasteiger partial charge on any atom is -0.508 e. The molecule has 0 saturated carbocycles. The van der Waals surface area contributed by atoms with Crippen molar-refractivity contribution in [3.05, 3.63) is 59.7 Å². The zero-order valence-corrected chi connectivity index (χ0v) is 12.0. The molecule has 0 bridgehead atoms. The fourth-order valence-corrected chi connectivity index (χ4v) is 1.90. The van der Waals surface area contributed by atoms with Gasteiger partial charge in [-0.3, -0.25) is 4.79 Å². The third-order valence-electron chi connectivity index (χ3n) is 2.93. The molecule has 4 nitrogen and oxygen atoms in total. The number of carbonyl (C=O) groups is 1. The number of phenols is 1. The van der Waals surface area contributed by atoms with E-state index in [4.69, 9.17) is 4.74 Å². The van der Waals surface area contributed by atoms with E-state index < -0.39 is 0 Å². The number of amides is 1. The van der Waals surface area contributed by atoms with Crippen LogP contribution >= 0.6 is 0 Å². The summed E-state index contributed by atoms with van der Waals surface area (Å²) in [6.07, 6.45) is 0.925. The maximum atomic E-state index is 12.1. The number of ether oxygens (including phenoxy) is 1. The monoisotopic (exact) mass is 285 g/mol. The van der Waals surface area contributed by atoms with Crippen LogP contribution < -0.4 is 10.1 Å². The summed E-state index contributed by atoms with van der Waals surface area (Å²) in [5, 5.41) is 12.2. The van der Waals surface area contributed by atoms with Crippen LogP contribution in [0.2, 0.25) is 0 Å². The average Bonchev–Trinajstić information content (AvgIpc) is 2.51. The summed E-state index contributed by atoms with van der Waals surface area (Å²) in [6.45, 7) is 3.04. The van der Waals surface area contributed by atoms with Crippen molar-refractivity contribution >= 4 is 5.91 Å². The molecule has 0 radical (unpaired) electrons. The second-order valence-electron chi connectivity index (χ2n) is 4.73. The first-order valence-corrected chi connectivity index (χ1v) is 6.98. The SMILES string of the molecule is CCCOc1cccc(C(=O)NCc2cccc(O)c2)c1. The lowest BCUT2D eigenvalue weighted by Crippen LogP contribution is -2.22. The Kier molecular flexibility index (Phi) is 5.21. The van der Waals surface area contributed by atoms with Gasteiger partial charge in [0, 0.05) is 12.1 Å². The molecule has 0 aromatic heterocycles. The van der Waals surface area contributed by atoms with Crippen molar-refractivity contribution in [2.24, 2.45) is 0 Å². The summed E-state index contributed by atoms with van der Waals surface area (Å²) < 4.78 is 5.51. The Balaban J connectivity index is 1.96. The highest BCUT2D eigenvalue weighted by molar-refractivity contribution is 5.94. The van der Waals surface area contributed by atoms with E-state index >= 15 is 0 Å². The molecule has 2 N–H and O–H groups in total. The zero-order chi connectivity index (χ0) is 15.1. The van der Waals surface area contributed by atoms with Crippen LogP contribution in [0.4, 0.5) is 0 Å². The Bertz CT molecular complexity index is 610. The summed E-state index contributed by atoms with van der Waals surface area (Å²) >= 11 is 0. The van der Waals surface area contributed by atoms with Crippen molar-refractivity contribution in [2.45, 2.75) is 19.9 Å². The minimum atomic E-state index is -0.166. The number of phenolic OH excluding ortho intramolecular Hbond substituents is 1. The van der Waals surface area contributed by atoms with Gasteiger partial charge in [0.2, 0.25) is 0 Å². The zero-order valence-electron chi connectivity index (χ0n) is 12.0. The van der Waals surface area contributed by atoms with E-state index in [1.807, 2.05) is 19.1 Å². The van der Waals surface area contributed by atoms with Crippen LogP contribution in [0.3, 0.4) is 0 Å². The third kappa shape index (κ3) is 4.53. The Morgan fingerprint density at radius 1 is 1.19 bits per heavy atom. The summed E-state index contributed by atoms with van der Waals surface area (Å²) in [5.41, 5.74) is 1.41. The van der Waals surface area contributed by atoms with E-state index in [1.165, 1.54) is 0 Å². The lowest BCUT2D eigenvalue weighted by atomic mass is 10.2. The van der Waals surface area contributed by atoms with Crippen LogP contribution in [0, 0.1) is 0 Å². The molecule has 110 valence electrons. The number of nitrogens with one attached hydrogen (secondary N) is 1. The molecular weight excluding hydrogens is 266 g/mol. The number of benzene rings is 2. The van der Waals surface area contributed by atoms with Crippen LogP contribution in [0.5, 0.6) is 11.5 Å². The molecule has 2 aromatic carbocycles. The first-order valence-electron chi connectivity index (χ1n) is 6.98. The molecule has 0 aliphatic heterocycles. The number of carbonyl (C=O) groups excluding carboxylic acids is 1. The molecule has 0 spiro atoms. The fourth-order valence-electron chi connectivity index (χ4n) is 1.90. The maximum Gasteiger partial charge on any atom is 0.251 e. The van der Waals surface area contributed by atoms with Gasteiger partial charge in [0.25, 0.3) is 5.91 Å². The highest BCUT2D eigenvalue weighted by Crippen LogP contribution is 2.14. The van der Waals surface area contributed by atoms with Crippen LogP contribution in [-0.2, 0) is 6.54 Å². The first kappa shape index (κ1) is 14.9. The molecule has 0 aliphatic carbocycles. The Labute approximate surface area is 124 Å². The topological polar surface area (TPSA) is 58.6 Å². The average molecular weight is 285 g/mol. The van der Waals surface area contributed by atoms with Gasteiger partial charge in [-0.15, -0.1) is 0 Å². The highest BCUT2D eigenvalue weighted by Gasteiger charge is 2.06. The quantitative estimate of drug-likeness (QED) is 0.857. The van der Waals surface area contributed by atoms with Gasteiger partial charge in [-0.1, -0.05) is 25.1 Å². The van der Waals surface area contributed by atoms with Crippen molar-refractivity contribution in [1.29, 1.82) is 0 Å². The van der Waals surface area contributed by atoms with Gasteiger partial charge in [0.15, 0.2) is 0 Å². The standard InChI is InChI=1S/C17H19NO3/c1-2-9-21-16-8-4-6-14(11-16)17(20)18-12-13-5-3-7-15(19)10-13/h3-8,10-11,19H,2,9,12H2,1H3,(H,18,20). The van der Waals surface area contributed by atoms with Crippen LogP contribution in [0.1, 0.15) is 29.3 Å². The minimum absolute atomic E-state index is 0.166. The highest BCUT2D eigenvalue weighted by atomic mass is 16.5. The van der Waals surface area contributed by atoms with Gasteiger partial charge in [0.05, 0.1) is 6.61 Å². The van der Waals surface area contributed by atoms with E-state index in [2.05, 4.69) is 5.32 Å². The van der Waals surface area contributed by atoms with Crippen molar-refractivity contribution < 1.29 is 14.6 Å². The summed E-state index contributed by atoms with van der Waals surface area (Å²) in [5.74, 6) is 0.721. The molecule has 4 heteroatoms. The largest absolute Gasteiger partial charge is 0.508 e. The second-order valence-corrected chi connectivity index (χ2v) is 4.73. The second kappa shape index (κ2) is 7.33. The fraction of sp³-hybridized carbons (Fsp3) is 0.235. The number of rotatable bonds is 6. The normalized spacial score (nSPS) is 10.1. The maximum absolute atomic E-state index is 12.1. The van der Waals surface area contributed by atoms with Crippen LogP contribution in [-0.4, -0.2) is 17.6 Å². The molecule has 2 aromatic rings. The molecular formula is C17H19NO3. The third-order valence-corrected chi connectivity index (χ3v) is 2.93. The Morgan fingerprint density at radius 3 is 2.76 bits per heavy atom. The molecule has 0 saturated heterocycles. The Morgan fingerprint density at radius 2 is 2.00 bits per heavy atom. The molecule has 2 rings (SSSR count). The van der Waals surface area contributed by atoms with Crippen molar-refractivity contribution in [3.8, 4) is 11.5 Å². The lowest BCUT2D eigenvalue weighted by Gasteiger charge is -2.08. The molecule has 0 heterocycles. The van der Waals surface area contributed by atoms with Gasteiger partial charge < -0.3 is 15.2 Å². The molecule has 0 atom stereocenters. The van der Waals surface area contributed by atoms with Gasteiger partial charge in [-0.25, -0.2) is 0 Å². The molecule has 0 aliphatic rings. The molecule has 0 unspecified atom stereocenters.